The Bertz CT molecular complexity index is 366. The molecule has 0 saturated carbocycles. The van der Waals surface area contributed by atoms with Crippen LogP contribution in [0.4, 0.5) is 5.69 Å². The zero-order chi connectivity index (χ0) is 12.7. The van der Waals surface area contributed by atoms with Gasteiger partial charge in [0.2, 0.25) is 0 Å². The molecule has 1 amide bonds. The van der Waals surface area contributed by atoms with Gasteiger partial charge in [-0.3, -0.25) is 4.79 Å². The van der Waals surface area contributed by atoms with Crippen LogP contribution in [0.3, 0.4) is 0 Å². The molecule has 0 radical (unpaired) electrons. The highest BCUT2D eigenvalue weighted by Crippen LogP contribution is 2.11. The maximum absolute atomic E-state index is 11.5. The molecular formula is C13H20N2O2. The van der Waals surface area contributed by atoms with Crippen LogP contribution in [0.25, 0.3) is 0 Å². The Morgan fingerprint density at radius 2 is 2.24 bits per heavy atom. The third kappa shape index (κ3) is 4.44. The second kappa shape index (κ2) is 6.91. The molecule has 0 fully saturated rings. The van der Waals surface area contributed by atoms with E-state index in [4.69, 9.17) is 4.74 Å². The second-order valence-electron chi connectivity index (χ2n) is 3.86. The van der Waals surface area contributed by atoms with E-state index in [9.17, 15) is 4.79 Å². The van der Waals surface area contributed by atoms with Crippen molar-refractivity contribution in [2.75, 3.05) is 25.6 Å². The predicted molar refractivity (Wildman–Crippen MR) is 69.4 cm³/mol. The number of nitrogens with one attached hydrogen (secondary N) is 2. The van der Waals surface area contributed by atoms with Gasteiger partial charge in [-0.2, -0.15) is 0 Å². The van der Waals surface area contributed by atoms with Crippen LogP contribution in [0.15, 0.2) is 24.3 Å². The van der Waals surface area contributed by atoms with Crippen LogP contribution in [0.1, 0.15) is 24.2 Å². The lowest BCUT2D eigenvalue weighted by atomic mass is 10.2. The summed E-state index contributed by atoms with van der Waals surface area (Å²) in [4.78, 5) is 11.5. The summed E-state index contributed by atoms with van der Waals surface area (Å²) in [6.45, 7) is 5.38. The third-order valence-electron chi connectivity index (χ3n) is 2.34. The standard InChI is InChI=1S/C13H20N2O2/c1-4-17-9-10(2)15-12-7-5-6-11(8-12)13(16)14-3/h5-8,10,15H,4,9H2,1-3H3,(H,14,16). The lowest BCUT2D eigenvalue weighted by Gasteiger charge is -2.15. The van der Waals surface area contributed by atoms with Crippen molar-refractivity contribution in [3.63, 3.8) is 0 Å². The van der Waals surface area contributed by atoms with E-state index in [1.165, 1.54) is 0 Å². The van der Waals surface area contributed by atoms with Gasteiger partial charge in [-0.25, -0.2) is 0 Å². The van der Waals surface area contributed by atoms with Crippen LogP contribution in [0.2, 0.25) is 0 Å². The summed E-state index contributed by atoms with van der Waals surface area (Å²) in [5, 5.41) is 5.90. The molecule has 0 saturated heterocycles. The maximum Gasteiger partial charge on any atom is 0.251 e. The molecule has 0 aromatic heterocycles. The molecule has 0 heterocycles. The monoisotopic (exact) mass is 236 g/mol. The molecule has 1 rings (SSSR count). The van der Waals surface area contributed by atoms with Gasteiger partial charge in [-0.05, 0) is 32.0 Å². The lowest BCUT2D eigenvalue weighted by molar-refractivity contribution is 0.0963. The number of carbonyl (C=O) groups is 1. The molecule has 1 unspecified atom stereocenters. The Labute approximate surface area is 102 Å². The van der Waals surface area contributed by atoms with Crippen molar-refractivity contribution in [1.29, 1.82) is 0 Å². The highest BCUT2D eigenvalue weighted by molar-refractivity contribution is 5.94. The molecule has 0 aliphatic rings. The molecule has 0 aliphatic carbocycles. The van der Waals surface area contributed by atoms with Crippen molar-refractivity contribution in [3.05, 3.63) is 29.8 Å². The van der Waals surface area contributed by atoms with E-state index in [2.05, 4.69) is 10.6 Å². The zero-order valence-corrected chi connectivity index (χ0v) is 10.6. The molecule has 1 aromatic carbocycles. The molecule has 1 aromatic rings. The van der Waals surface area contributed by atoms with E-state index in [0.29, 0.717) is 18.8 Å². The molecule has 94 valence electrons. The van der Waals surface area contributed by atoms with Gasteiger partial charge in [0, 0.05) is 30.9 Å². The van der Waals surface area contributed by atoms with E-state index in [1.807, 2.05) is 32.0 Å². The van der Waals surface area contributed by atoms with Crippen LogP contribution in [0, 0.1) is 0 Å². The minimum Gasteiger partial charge on any atom is -0.380 e. The first-order chi connectivity index (χ1) is 8.17. The van der Waals surface area contributed by atoms with E-state index < -0.39 is 0 Å². The van der Waals surface area contributed by atoms with E-state index in [0.717, 1.165) is 5.69 Å². The molecule has 4 heteroatoms. The molecule has 2 N–H and O–H groups in total. The van der Waals surface area contributed by atoms with Crippen molar-refractivity contribution in [1.82, 2.24) is 5.32 Å². The summed E-state index contributed by atoms with van der Waals surface area (Å²) in [7, 11) is 1.63. The fraction of sp³-hybridized carbons (Fsp3) is 0.462. The van der Waals surface area contributed by atoms with Crippen LogP contribution >= 0.6 is 0 Å². The average Bonchev–Trinajstić information content (AvgIpc) is 2.35. The van der Waals surface area contributed by atoms with E-state index in [-0.39, 0.29) is 11.9 Å². The smallest absolute Gasteiger partial charge is 0.251 e. The highest BCUT2D eigenvalue weighted by atomic mass is 16.5. The van der Waals surface area contributed by atoms with Crippen LogP contribution in [-0.2, 0) is 4.74 Å². The first kappa shape index (κ1) is 13.5. The van der Waals surface area contributed by atoms with Gasteiger partial charge in [0.25, 0.3) is 5.91 Å². The maximum atomic E-state index is 11.5. The average molecular weight is 236 g/mol. The van der Waals surface area contributed by atoms with Gasteiger partial charge in [-0.15, -0.1) is 0 Å². The summed E-state index contributed by atoms with van der Waals surface area (Å²) in [5.74, 6) is -0.0777. The third-order valence-corrected chi connectivity index (χ3v) is 2.34. The summed E-state index contributed by atoms with van der Waals surface area (Å²) < 4.78 is 5.32. The highest BCUT2D eigenvalue weighted by Gasteiger charge is 2.05. The number of hydrogen-bond acceptors (Lipinski definition) is 3. The number of hydrogen-bond donors (Lipinski definition) is 2. The molecule has 17 heavy (non-hydrogen) atoms. The number of anilines is 1. The van der Waals surface area contributed by atoms with Gasteiger partial charge >= 0.3 is 0 Å². The number of carbonyl (C=O) groups excluding carboxylic acids is 1. The normalized spacial score (nSPS) is 11.9. The first-order valence-electron chi connectivity index (χ1n) is 5.83. The van der Waals surface area contributed by atoms with Crippen molar-refractivity contribution >= 4 is 11.6 Å². The Balaban J connectivity index is 2.62. The van der Waals surface area contributed by atoms with Crippen LogP contribution < -0.4 is 10.6 Å². The van der Waals surface area contributed by atoms with Crippen LogP contribution in [0.5, 0.6) is 0 Å². The molecule has 1 atom stereocenters. The van der Waals surface area contributed by atoms with Crippen molar-refractivity contribution < 1.29 is 9.53 Å². The number of amides is 1. The Morgan fingerprint density at radius 3 is 2.88 bits per heavy atom. The Morgan fingerprint density at radius 1 is 1.47 bits per heavy atom. The van der Waals surface area contributed by atoms with Crippen molar-refractivity contribution in [3.8, 4) is 0 Å². The SMILES string of the molecule is CCOCC(C)Nc1cccc(C(=O)NC)c1. The molecular weight excluding hydrogens is 216 g/mol. The summed E-state index contributed by atoms with van der Waals surface area (Å²) in [6, 6.07) is 7.64. The summed E-state index contributed by atoms with van der Waals surface area (Å²) in [5.41, 5.74) is 1.58. The van der Waals surface area contributed by atoms with Gasteiger partial charge in [0.1, 0.15) is 0 Å². The minimum absolute atomic E-state index is 0.0777. The zero-order valence-electron chi connectivity index (χ0n) is 10.6. The fourth-order valence-electron chi connectivity index (χ4n) is 1.52. The topological polar surface area (TPSA) is 50.4 Å². The summed E-state index contributed by atoms with van der Waals surface area (Å²) in [6.07, 6.45) is 0. The van der Waals surface area contributed by atoms with Crippen molar-refractivity contribution in [2.24, 2.45) is 0 Å². The van der Waals surface area contributed by atoms with Crippen molar-refractivity contribution in [2.45, 2.75) is 19.9 Å². The quantitative estimate of drug-likeness (QED) is 0.793. The van der Waals surface area contributed by atoms with Gasteiger partial charge < -0.3 is 15.4 Å². The summed E-state index contributed by atoms with van der Waals surface area (Å²) >= 11 is 0. The minimum atomic E-state index is -0.0777. The largest absolute Gasteiger partial charge is 0.380 e. The number of ether oxygens (including phenoxy) is 1. The predicted octanol–water partition coefficient (Wildman–Crippen LogP) is 1.88. The van der Waals surface area contributed by atoms with Gasteiger partial charge in [0.05, 0.1) is 6.61 Å². The Hall–Kier alpha value is -1.55. The van der Waals surface area contributed by atoms with E-state index >= 15 is 0 Å². The molecule has 4 nitrogen and oxygen atoms in total. The van der Waals surface area contributed by atoms with Gasteiger partial charge in [0.15, 0.2) is 0 Å². The Kier molecular flexibility index (Phi) is 5.49. The van der Waals surface area contributed by atoms with Crippen LogP contribution in [-0.4, -0.2) is 32.2 Å². The first-order valence-corrected chi connectivity index (χ1v) is 5.83. The second-order valence-corrected chi connectivity index (χ2v) is 3.86. The molecule has 0 spiro atoms. The number of rotatable bonds is 6. The van der Waals surface area contributed by atoms with E-state index in [1.54, 1.807) is 13.1 Å². The fourth-order valence-corrected chi connectivity index (χ4v) is 1.52. The van der Waals surface area contributed by atoms with Gasteiger partial charge in [-0.1, -0.05) is 6.07 Å². The number of benzene rings is 1. The molecule has 0 bridgehead atoms. The lowest BCUT2D eigenvalue weighted by Crippen LogP contribution is -2.22. The molecule has 0 aliphatic heterocycles.